The monoisotopic (exact) mass is 290 g/mol. The third-order valence-electron chi connectivity index (χ3n) is 3.78. The summed E-state index contributed by atoms with van der Waals surface area (Å²) in [5.41, 5.74) is 2.25. The van der Waals surface area contributed by atoms with E-state index in [0.29, 0.717) is 25.3 Å². The highest BCUT2D eigenvalue weighted by molar-refractivity contribution is 5.95. The van der Waals surface area contributed by atoms with Crippen molar-refractivity contribution >= 4 is 11.9 Å². The highest BCUT2D eigenvalue weighted by atomic mass is 16.5. The third kappa shape index (κ3) is 3.60. The Morgan fingerprint density at radius 3 is 2.81 bits per heavy atom. The van der Waals surface area contributed by atoms with E-state index in [9.17, 15) is 9.59 Å². The van der Waals surface area contributed by atoms with Gasteiger partial charge in [0.05, 0.1) is 23.8 Å². The molecule has 0 spiro atoms. The van der Waals surface area contributed by atoms with Crippen LogP contribution in [0.2, 0.25) is 0 Å². The Morgan fingerprint density at radius 2 is 2.14 bits per heavy atom. The first-order chi connectivity index (χ1) is 10.0. The first-order valence-electron chi connectivity index (χ1n) is 7.43. The smallest absolute Gasteiger partial charge is 0.310 e. The molecule has 0 radical (unpaired) electrons. The summed E-state index contributed by atoms with van der Waals surface area (Å²) in [6.45, 7) is 7.04. The van der Waals surface area contributed by atoms with Gasteiger partial charge in [-0.2, -0.15) is 0 Å². The Kier molecular flexibility index (Phi) is 4.94. The number of esters is 1. The summed E-state index contributed by atoms with van der Waals surface area (Å²) < 4.78 is 5.07. The number of aryl methyl sites for hydroxylation is 2. The van der Waals surface area contributed by atoms with E-state index in [1.54, 1.807) is 11.8 Å². The number of piperidine rings is 1. The van der Waals surface area contributed by atoms with Crippen molar-refractivity contribution in [1.29, 1.82) is 0 Å². The lowest BCUT2D eigenvalue weighted by atomic mass is 9.97. The van der Waals surface area contributed by atoms with Crippen molar-refractivity contribution < 1.29 is 14.3 Å². The minimum atomic E-state index is -0.207. The van der Waals surface area contributed by atoms with Crippen LogP contribution >= 0.6 is 0 Å². The molecular formula is C16H22N2O3. The van der Waals surface area contributed by atoms with Crippen molar-refractivity contribution in [2.45, 2.75) is 33.6 Å². The van der Waals surface area contributed by atoms with Crippen molar-refractivity contribution in [3.63, 3.8) is 0 Å². The number of rotatable bonds is 3. The van der Waals surface area contributed by atoms with E-state index in [2.05, 4.69) is 4.98 Å². The Hall–Kier alpha value is -1.91. The molecule has 1 fully saturated rings. The lowest BCUT2D eigenvalue weighted by Crippen LogP contribution is -2.43. The zero-order valence-corrected chi connectivity index (χ0v) is 12.9. The van der Waals surface area contributed by atoms with Crippen LogP contribution in [-0.2, 0) is 9.53 Å². The van der Waals surface area contributed by atoms with Crippen molar-refractivity contribution in [3.05, 3.63) is 29.1 Å². The van der Waals surface area contributed by atoms with Gasteiger partial charge < -0.3 is 9.64 Å². The summed E-state index contributed by atoms with van der Waals surface area (Å²) in [7, 11) is 0. The molecule has 0 N–H and O–H groups in total. The van der Waals surface area contributed by atoms with E-state index in [1.807, 2.05) is 26.0 Å². The van der Waals surface area contributed by atoms with Crippen LogP contribution in [0.1, 0.15) is 41.5 Å². The molecular weight excluding hydrogens is 268 g/mol. The highest BCUT2D eigenvalue weighted by Crippen LogP contribution is 2.20. The van der Waals surface area contributed by atoms with Crippen LogP contribution in [0.15, 0.2) is 12.1 Å². The number of ether oxygens (including phenoxy) is 1. The maximum absolute atomic E-state index is 12.6. The maximum Gasteiger partial charge on any atom is 0.310 e. The second-order valence-electron chi connectivity index (χ2n) is 5.43. The van der Waals surface area contributed by atoms with Crippen LogP contribution in [0.4, 0.5) is 0 Å². The molecule has 5 nitrogen and oxygen atoms in total. The van der Waals surface area contributed by atoms with Gasteiger partial charge in [-0.15, -0.1) is 0 Å². The molecule has 21 heavy (non-hydrogen) atoms. The average molecular weight is 290 g/mol. The molecule has 1 aromatic rings. The van der Waals surface area contributed by atoms with Crippen molar-refractivity contribution in [2.24, 2.45) is 5.92 Å². The summed E-state index contributed by atoms with van der Waals surface area (Å²) in [5.74, 6) is -0.455. The van der Waals surface area contributed by atoms with E-state index in [0.717, 1.165) is 24.2 Å². The Labute approximate surface area is 125 Å². The number of hydrogen-bond acceptors (Lipinski definition) is 4. The Balaban J connectivity index is 2.10. The Bertz CT molecular complexity index is 542. The third-order valence-corrected chi connectivity index (χ3v) is 3.78. The fourth-order valence-electron chi connectivity index (χ4n) is 2.70. The minimum absolute atomic E-state index is 0.0472. The lowest BCUT2D eigenvalue weighted by molar-refractivity contribution is -0.149. The standard InChI is InChI=1S/C16H22N2O3/c1-4-21-16(20)13-6-5-9-18(10-13)15(19)14-8-7-11(2)17-12(14)3/h7-8,13H,4-6,9-10H2,1-3H3. The zero-order valence-electron chi connectivity index (χ0n) is 12.9. The van der Waals surface area contributed by atoms with Gasteiger partial charge in [0.25, 0.3) is 5.91 Å². The predicted molar refractivity (Wildman–Crippen MR) is 79.0 cm³/mol. The number of carbonyl (C=O) groups excluding carboxylic acids is 2. The van der Waals surface area contributed by atoms with Crippen molar-refractivity contribution in [2.75, 3.05) is 19.7 Å². The molecule has 2 heterocycles. The summed E-state index contributed by atoms with van der Waals surface area (Å²) in [6.07, 6.45) is 1.61. The molecule has 5 heteroatoms. The summed E-state index contributed by atoms with van der Waals surface area (Å²) in [6, 6.07) is 3.65. The van der Waals surface area contributed by atoms with Crippen LogP contribution in [-0.4, -0.2) is 41.5 Å². The minimum Gasteiger partial charge on any atom is -0.466 e. The van der Waals surface area contributed by atoms with E-state index >= 15 is 0 Å². The van der Waals surface area contributed by atoms with Gasteiger partial charge in [-0.25, -0.2) is 0 Å². The van der Waals surface area contributed by atoms with Gasteiger partial charge in [0, 0.05) is 18.8 Å². The number of hydrogen-bond donors (Lipinski definition) is 0. The van der Waals surface area contributed by atoms with Gasteiger partial charge >= 0.3 is 5.97 Å². The highest BCUT2D eigenvalue weighted by Gasteiger charge is 2.30. The largest absolute Gasteiger partial charge is 0.466 e. The fraction of sp³-hybridized carbons (Fsp3) is 0.562. The van der Waals surface area contributed by atoms with Gasteiger partial charge in [0.2, 0.25) is 0 Å². The molecule has 1 saturated heterocycles. The van der Waals surface area contributed by atoms with Crippen molar-refractivity contribution in [1.82, 2.24) is 9.88 Å². The van der Waals surface area contributed by atoms with Gasteiger partial charge in [-0.1, -0.05) is 0 Å². The van der Waals surface area contributed by atoms with Crippen LogP contribution in [0, 0.1) is 19.8 Å². The van der Waals surface area contributed by atoms with E-state index < -0.39 is 0 Å². The second-order valence-corrected chi connectivity index (χ2v) is 5.43. The molecule has 1 aromatic heterocycles. The summed E-state index contributed by atoms with van der Waals surface area (Å²) >= 11 is 0. The Morgan fingerprint density at radius 1 is 1.38 bits per heavy atom. The van der Waals surface area contributed by atoms with Crippen LogP contribution in [0.25, 0.3) is 0 Å². The quantitative estimate of drug-likeness (QED) is 0.800. The number of aromatic nitrogens is 1. The number of likely N-dealkylation sites (tertiary alicyclic amines) is 1. The first-order valence-corrected chi connectivity index (χ1v) is 7.43. The number of pyridine rings is 1. The van der Waals surface area contributed by atoms with Crippen molar-refractivity contribution in [3.8, 4) is 0 Å². The van der Waals surface area contributed by atoms with Crippen LogP contribution in [0.3, 0.4) is 0 Å². The molecule has 0 saturated carbocycles. The molecule has 2 rings (SSSR count). The summed E-state index contributed by atoms with van der Waals surface area (Å²) in [4.78, 5) is 30.5. The van der Waals surface area contributed by atoms with Gasteiger partial charge in [-0.05, 0) is 45.7 Å². The molecule has 0 aliphatic carbocycles. The fourth-order valence-corrected chi connectivity index (χ4v) is 2.70. The number of amides is 1. The topological polar surface area (TPSA) is 59.5 Å². The van der Waals surface area contributed by atoms with Crippen LogP contribution in [0.5, 0.6) is 0 Å². The molecule has 1 aliphatic heterocycles. The molecule has 114 valence electrons. The normalized spacial score (nSPS) is 18.4. The molecule has 1 aliphatic rings. The average Bonchev–Trinajstić information content (AvgIpc) is 2.47. The molecule has 1 unspecified atom stereocenters. The molecule has 1 amide bonds. The SMILES string of the molecule is CCOC(=O)C1CCCN(C(=O)c2ccc(C)nc2C)C1. The van der Waals surface area contributed by atoms with Gasteiger partial charge in [0.15, 0.2) is 0 Å². The summed E-state index contributed by atoms with van der Waals surface area (Å²) in [5, 5.41) is 0. The molecule has 0 bridgehead atoms. The number of nitrogens with zero attached hydrogens (tertiary/aromatic N) is 2. The number of carbonyl (C=O) groups is 2. The van der Waals surface area contributed by atoms with E-state index in [4.69, 9.17) is 4.74 Å². The molecule has 1 atom stereocenters. The van der Waals surface area contributed by atoms with Gasteiger partial charge in [-0.3, -0.25) is 14.6 Å². The van der Waals surface area contributed by atoms with E-state index in [-0.39, 0.29) is 17.8 Å². The maximum atomic E-state index is 12.6. The first kappa shape index (κ1) is 15.5. The second kappa shape index (κ2) is 6.70. The molecule has 0 aromatic carbocycles. The predicted octanol–water partition coefficient (Wildman–Crippen LogP) is 2.11. The lowest BCUT2D eigenvalue weighted by Gasteiger charge is -2.31. The van der Waals surface area contributed by atoms with Gasteiger partial charge in [0.1, 0.15) is 0 Å². The zero-order chi connectivity index (χ0) is 15.4. The van der Waals surface area contributed by atoms with Crippen LogP contribution < -0.4 is 0 Å². The van der Waals surface area contributed by atoms with E-state index in [1.165, 1.54) is 0 Å².